The highest BCUT2D eigenvalue weighted by atomic mass is 32.1. The van der Waals surface area contributed by atoms with Crippen molar-refractivity contribution in [2.24, 2.45) is 5.41 Å². The predicted octanol–water partition coefficient (Wildman–Crippen LogP) is 1.82. The van der Waals surface area contributed by atoms with Gasteiger partial charge in [-0.1, -0.05) is 6.92 Å². The number of carbonyl (C=O) groups excluding carboxylic acids is 2. The van der Waals surface area contributed by atoms with Crippen molar-refractivity contribution in [1.29, 1.82) is 0 Å². The first-order valence-electron chi connectivity index (χ1n) is 9.39. The van der Waals surface area contributed by atoms with E-state index in [1.165, 1.54) is 17.7 Å². The van der Waals surface area contributed by atoms with Crippen LogP contribution < -0.4 is 0 Å². The maximum absolute atomic E-state index is 13.4. The van der Waals surface area contributed by atoms with Crippen LogP contribution in [0.2, 0.25) is 0 Å². The van der Waals surface area contributed by atoms with E-state index in [1.807, 2.05) is 23.6 Å². The number of aromatic nitrogens is 4. The zero-order valence-corrected chi connectivity index (χ0v) is 16.8. The number of nitrogens with zero attached hydrogens (tertiary/aromatic N) is 6. The van der Waals surface area contributed by atoms with Crippen molar-refractivity contribution in [2.45, 2.75) is 40.0 Å². The Labute approximate surface area is 162 Å². The molecule has 0 aliphatic carbocycles. The second-order valence-corrected chi connectivity index (χ2v) is 8.72. The van der Waals surface area contributed by atoms with Gasteiger partial charge in [0.25, 0.3) is 5.91 Å². The molecule has 2 aliphatic heterocycles. The van der Waals surface area contributed by atoms with Gasteiger partial charge in [0.1, 0.15) is 11.3 Å². The number of hydrogen-bond donors (Lipinski definition) is 0. The molecule has 2 aromatic rings. The van der Waals surface area contributed by atoms with E-state index in [0.29, 0.717) is 18.7 Å². The Morgan fingerprint density at radius 2 is 2.07 bits per heavy atom. The molecule has 27 heavy (non-hydrogen) atoms. The summed E-state index contributed by atoms with van der Waals surface area (Å²) in [4.78, 5) is 31.2. The number of amides is 2. The summed E-state index contributed by atoms with van der Waals surface area (Å²) in [5.74, 6) is 0.194. The zero-order valence-electron chi connectivity index (χ0n) is 15.9. The Balaban J connectivity index is 1.60. The summed E-state index contributed by atoms with van der Waals surface area (Å²) in [6.45, 7) is 8.79. The lowest BCUT2D eigenvalue weighted by molar-refractivity contribution is -0.135. The Morgan fingerprint density at radius 3 is 2.78 bits per heavy atom. The number of aryl methyl sites for hydroxylation is 1. The van der Waals surface area contributed by atoms with Gasteiger partial charge in [-0.3, -0.25) is 9.59 Å². The van der Waals surface area contributed by atoms with Crippen LogP contribution >= 0.6 is 11.3 Å². The van der Waals surface area contributed by atoms with Gasteiger partial charge in [-0.2, -0.15) is 4.68 Å². The fourth-order valence-corrected chi connectivity index (χ4v) is 5.30. The van der Waals surface area contributed by atoms with E-state index in [0.717, 1.165) is 47.8 Å². The first-order valence-corrected chi connectivity index (χ1v) is 10.2. The van der Waals surface area contributed by atoms with Gasteiger partial charge < -0.3 is 9.80 Å². The van der Waals surface area contributed by atoms with Crippen LogP contribution in [0.25, 0.3) is 5.00 Å². The molecule has 2 amide bonds. The van der Waals surface area contributed by atoms with Crippen LogP contribution in [0.4, 0.5) is 0 Å². The molecule has 8 nitrogen and oxygen atoms in total. The van der Waals surface area contributed by atoms with Crippen molar-refractivity contribution in [1.82, 2.24) is 30.0 Å². The van der Waals surface area contributed by atoms with Crippen LogP contribution in [-0.2, 0) is 4.79 Å². The Bertz CT molecular complexity index is 877. The van der Waals surface area contributed by atoms with Gasteiger partial charge >= 0.3 is 0 Å². The first kappa shape index (κ1) is 18.1. The molecule has 9 heteroatoms. The minimum absolute atomic E-state index is 0.0269. The van der Waals surface area contributed by atoms with Crippen LogP contribution in [0.3, 0.4) is 0 Å². The van der Waals surface area contributed by atoms with Crippen molar-refractivity contribution >= 4 is 23.2 Å². The number of hydrogen-bond acceptors (Lipinski definition) is 6. The van der Waals surface area contributed by atoms with E-state index in [4.69, 9.17) is 0 Å². The van der Waals surface area contributed by atoms with Crippen LogP contribution in [0.5, 0.6) is 0 Å². The van der Waals surface area contributed by atoms with E-state index >= 15 is 0 Å². The Morgan fingerprint density at radius 1 is 1.30 bits per heavy atom. The van der Waals surface area contributed by atoms with Gasteiger partial charge in [-0.15, -0.1) is 16.4 Å². The second-order valence-electron chi connectivity index (χ2n) is 7.52. The summed E-state index contributed by atoms with van der Waals surface area (Å²) in [6, 6.07) is 0. The van der Waals surface area contributed by atoms with Gasteiger partial charge in [0.05, 0.1) is 11.0 Å². The average molecular weight is 388 g/mol. The summed E-state index contributed by atoms with van der Waals surface area (Å²) < 4.78 is 1.55. The fourth-order valence-electron chi connectivity index (χ4n) is 4.24. The van der Waals surface area contributed by atoms with Crippen molar-refractivity contribution in [3.05, 3.63) is 22.3 Å². The largest absolute Gasteiger partial charge is 0.342 e. The maximum Gasteiger partial charge on any atom is 0.257 e. The standard InChI is InChI=1S/C18H24N6O2S/c1-4-7-22-8-5-18(17(22)26)6-9-23(10-18)15(25)14-12(2)13(3)27-16(14)24-11-19-20-21-24/h11H,4-10H2,1-3H3. The third-order valence-corrected chi connectivity index (χ3v) is 7.07. The smallest absolute Gasteiger partial charge is 0.257 e. The third kappa shape index (κ3) is 2.84. The van der Waals surface area contributed by atoms with E-state index in [9.17, 15) is 9.59 Å². The van der Waals surface area contributed by atoms with E-state index in [2.05, 4.69) is 22.4 Å². The van der Waals surface area contributed by atoms with Crippen LogP contribution in [0, 0.1) is 19.3 Å². The highest BCUT2D eigenvalue weighted by Gasteiger charge is 2.51. The highest BCUT2D eigenvalue weighted by molar-refractivity contribution is 7.15. The lowest BCUT2D eigenvalue weighted by Crippen LogP contribution is -2.38. The van der Waals surface area contributed by atoms with E-state index in [1.54, 1.807) is 4.68 Å². The van der Waals surface area contributed by atoms with Gasteiger partial charge in [-0.05, 0) is 49.1 Å². The zero-order chi connectivity index (χ0) is 19.2. The molecular formula is C18H24N6O2S. The van der Waals surface area contributed by atoms with Crippen molar-refractivity contribution in [2.75, 3.05) is 26.2 Å². The lowest BCUT2D eigenvalue weighted by atomic mass is 9.85. The average Bonchev–Trinajstić information content (AvgIpc) is 3.42. The van der Waals surface area contributed by atoms with Crippen molar-refractivity contribution in [3.8, 4) is 5.00 Å². The fraction of sp³-hybridized carbons (Fsp3) is 0.611. The SMILES string of the molecule is CCCN1CCC2(CCN(C(=O)c3c(-n4cnnn4)sc(C)c3C)C2)C1=O. The van der Waals surface area contributed by atoms with Crippen LogP contribution in [-0.4, -0.2) is 68.0 Å². The number of thiophene rings is 1. The minimum Gasteiger partial charge on any atom is -0.342 e. The molecule has 0 bridgehead atoms. The summed E-state index contributed by atoms with van der Waals surface area (Å²) >= 11 is 1.51. The molecule has 0 N–H and O–H groups in total. The molecule has 2 aromatic heterocycles. The molecule has 2 aliphatic rings. The Hall–Kier alpha value is -2.29. The molecule has 0 saturated carbocycles. The molecule has 1 unspecified atom stereocenters. The summed E-state index contributed by atoms with van der Waals surface area (Å²) in [5.41, 5.74) is 1.22. The molecule has 144 valence electrons. The summed E-state index contributed by atoms with van der Waals surface area (Å²) in [7, 11) is 0. The normalized spacial score (nSPS) is 22.4. The summed E-state index contributed by atoms with van der Waals surface area (Å²) in [6.07, 6.45) is 4.07. The van der Waals surface area contributed by atoms with Crippen LogP contribution in [0.1, 0.15) is 47.0 Å². The first-order chi connectivity index (χ1) is 13.0. The highest BCUT2D eigenvalue weighted by Crippen LogP contribution is 2.42. The van der Waals surface area contributed by atoms with Crippen LogP contribution in [0.15, 0.2) is 6.33 Å². The topological polar surface area (TPSA) is 84.2 Å². The molecule has 1 spiro atoms. The molecule has 4 rings (SSSR count). The maximum atomic E-state index is 13.4. The molecule has 2 fully saturated rings. The van der Waals surface area contributed by atoms with Crippen molar-refractivity contribution in [3.63, 3.8) is 0 Å². The number of likely N-dealkylation sites (tertiary alicyclic amines) is 2. The third-order valence-electron chi connectivity index (χ3n) is 5.87. The minimum atomic E-state index is -0.390. The molecule has 0 aromatic carbocycles. The number of rotatable bonds is 4. The number of tetrazole rings is 1. The van der Waals surface area contributed by atoms with Gasteiger partial charge in [0, 0.05) is 31.1 Å². The molecule has 2 saturated heterocycles. The second kappa shape index (κ2) is 6.70. The molecule has 1 atom stereocenters. The van der Waals surface area contributed by atoms with Crippen molar-refractivity contribution < 1.29 is 9.59 Å². The monoisotopic (exact) mass is 388 g/mol. The van der Waals surface area contributed by atoms with Gasteiger partial charge in [0.2, 0.25) is 5.91 Å². The van der Waals surface area contributed by atoms with E-state index < -0.39 is 5.41 Å². The van der Waals surface area contributed by atoms with Gasteiger partial charge in [-0.25, -0.2) is 0 Å². The molecular weight excluding hydrogens is 364 g/mol. The molecule has 4 heterocycles. The number of carbonyl (C=O) groups is 2. The van der Waals surface area contributed by atoms with Gasteiger partial charge in [0.15, 0.2) is 0 Å². The summed E-state index contributed by atoms with van der Waals surface area (Å²) in [5, 5.41) is 12.1. The Kier molecular flexibility index (Phi) is 4.49. The molecule has 0 radical (unpaired) electrons. The lowest BCUT2D eigenvalue weighted by Gasteiger charge is -2.23. The quantitative estimate of drug-likeness (QED) is 0.798. The predicted molar refractivity (Wildman–Crippen MR) is 101 cm³/mol. The van der Waals surface area contributed by atoms with E-state index in [-0.39, 0.29) is 11.8 Å².